The van der Waals surface area contributed by atoms with Gasteiger partial charge in [0.25, 0.3) is 0 Å². The molecule has 17 heavy (non-hydrogen) atoms. The Labute approximate surface area is 105 Å². The van der Waals surface area contributed by atoms with E-state index in [0.29, 0.717) is 6.42 Å². The van der Waals surface area contributed by atoms with E-state index in [-0.39, 0.29) is 11.3 Å². The van der Waals surface area contributed by atoms with Gasteiger partial charge in [0.15, 0.2) is 11.1 Å². The van der Waals surface area contributed by atoms with Gasteiger partial charge in [-0.25, -0.2) is 9.00 Å². The SMILES string of the molecule is CC(C)(C)OC(=O)N[C@@H]1CCCC[C@@H]1S(=O)O. The molecule has 1 aliphatic carbocycles. The van der Waals surface area contributed by atoms with E-state index in [9.17, 15) is 13.6 Å². The molecule has 1 aliphatic rings. The second-order valence-electron chi connectivity index (χ2n) is 5.35. The summed E-state index contributed by atoms with van der Waals surface area (Å²) in [5.74, 6) is 0. The smallest absolute Gasteiger partial charge is 0.407 e. The van der Waals surface area contributed by atoms with Crippen molar-refractivity contribution in [2.45, 2.75) is 63.3 Å². The first-order chi connectivity index (χ1) is 7.79. The summed E-state index contributed by atoms with van der Waals surface area (Å²) in [5, 5.41) is 2.31. The van der Waals surface area contributed by atoms with Crippen LogP contribution in [0.3, 0.4) is 0 Å². The van der Waals surface area contributed by atoms with Crippen molar-refractivity contribution in [2.75, 3.05) is 0 Å². The van der Waals surface area contributed by atoms with Crippen molar-refractivity contribution in [1.29, 1.82) is 0 Å². The van der Waals surface area contributed by atoms with Crippen LogP contribution in [0.5, 0.6) is 0 Å². The Kier molecular flexibility index (Phi) is 4.94. The van der Waals surface area contributed by atoms with E-state index in [1.807, 2.05) is 0 Å². The maximum atomic E-state index is 11.6. The van der Waals surface area contributed by atoms with Crippen LogP contribution in [0.2, 0.25) is 0 Å². The third kappa shape index (κ3) is 5.04. The van der Waals surface area contributed by atoms with Gasteiger partial charge in [0.1, 0.15) is 5.60 Å². The van der Waals surface area contributed by atoms with Gasteiger partial charge in [-0.2, -0.15) is 0 Å². The zero-order valence-corrected chi connectivity index (χ0v) is 11.4. The molecule has 0 heterocycles. The summed E-state index contributed by atoms with van der Waals surface area (Å²) < 4.78 is 25.5. The predicted molar refractivity (Wildman–Crippen MR) is 66.2 cm³/mol. The highest BCUT2D eigenvalue weighted by atomic mass is 32.2. The number of nitrogens with one attached hydrogen (secondary N) is 1. The lowest BCUT2D eigenvalue weighted by Gasteiger charge is -2.30. The zero-order chi connectivity index (χ0) is 13.1. The van der Waals surface area contributed by atoms with Gasteiger partial charge in [0.05, 0.1) is 5.25 Å². The van der Waals surface area contributed by atoms with Crippen LogP contribution in [0.1, 0.15) is 46.5 Å². The van der Waals surface area contributed by atoms with Crippen LogP contribution >= 0.6 is 0 Å². The van der Waals surface area contributed by atoms with Crippen LogP contribution in [0, 0.1) is 0 Å². The fraction of sp³-hybridized carbons (Fsp3) is 0.909. The van der Waals surface area contributed by atoms with E-state index < -0.39 is 22.8 Å². The number of carbonyl (C=O) groups excluding carboxylic acids is 1. The molecule has 0 radical (unpaired) electrons. The monoisotopic (exact) mass is 263 g/mol. The van der Waals surface area contributed by atoms with Crippen LogP contribution in [-0.4, -0.2) is 31.7 Å². The summed E-state index contributed by atoms with van der Waals surface area (Å²) >= 11 is -1.89. The summed E-state index contributed by atoms with van der Waals surface area (Å²) in [6, 6.07) is -0.260. The average Bonchev–Trinajstić information content (AvgIpc) is 2.14. The zero-order valence-electron chi connectivity index (χ0n) is 10.6. The van der Waals surface area contributed by atoms with E-state index >= 15 is 0 Å². The maximum Gasteiger partial charge on any atom is 0.407 e. The molecule has 3 atom stereocenters. The van der Waals surface area contributed by atoms with Gasteiger partial charge in [-0.15, -0.1) is 0 Å². The highest BCUT2D eigenvalue weighted by Gasteiger charge is 2.31. The van der Waals surface area contributed by atoms with Crippen LogP contribution in [0.15, 0.2) is 0 Å². The summed E-state index contributed by atoms with van der Waals surface area (Å²) in [4.78, 5) is 11.6. The highest BCUT2D eigenvalue weighted by molar-refractivity contribution is 7.80. The molecule has 5 nitrogen and oxygen atoms in total. The summed E-state index contributed by atoms with van der Waals surface area (Å²) in [6.07, 6.45) is 2.79. The molecule has 100 valence electrons. The molecule has 0 aromatic rings. The minimum Gasteiger partial charge on any atom is -0.444 e. The Bertz CT molecular complexity index is 300. The Morgan fingerprint density at radius 2 is 1.94 bits per heavy atom. The van der Waals surface area contributed by atoms with Crippen molar-refractivity contribution in [3.05, 3.63) is 0 Å². The molecule has 2 N–H and O–H groups in total. The molecule has 0 bridgehead atoms. The molecule has 1 unspecified atom stereocenters. The molecular formula is C11H21NO4S. The van der Waals surface area contributed by atoms with Gasteiger partial charge in [-0.05, 0) is 33.6 Å². The molecule has 1 fully saturated rings. The minimum atomic E-state index is -1.89. The van der Waals surface area contributed by atoms with E-state index in [1.165, 1.54) is 0 Å². The average molecular weight is 263 g/mol. The van der Waals surface area contributed by atoms with Crippen molar-refractivity contribution in [2.24, 2.45) is 0 Å². The standard InChI is InChI=1S/C11H21NO4S/c1-11(2,3)16-10(13)12-8-6-4-5-7-9(8)17(14)15/h8-9H,4-7H2,1-3H3,(H,12,13)(H,14,15)/t8-,9+/m1/s1. The third-order valence-corrected chi connectivity index (χ3v) is 3.75. The van der Waals surface area contributed by atoms with Crippen molar-refractivity contribution < 1.29 is 18.3 Å². The Hall–Kier alpha value is -0.620. The van der Waals surface area contributed by atoms with Crippen LogP contribution < -0.4 is 5.32 Å². The fourth-order valence-corrected chi connectivity index (χ4v) is 2.82. The van der Waals surface area contributed by atoms with Gasteiger partial charge < -0.3 is 14.6 Å². The molecule has 0 spiro atoms. The summed E-state index contributed by atoms with van der Waals surface area (Å²) in [6.45, 7) is 5.36. The van der Waals surface area contributed by atoms with Crippen molar-refractivity contribution in [3.63, 3.8) is 0 Å². The van der Waals surface area contributed by atoms with Crippen LogP contribution in [0.25, 0.3) is 0 Å². The quantitative estimate of drug-likeness (QED) is 0.748. The Balaban J connectivity index is 2.53. The lowest BCUT2D eigenvalue weighted by atomic mass is 9.95. The van der Waals surface area contributed by atoms with Gasteiger partial charge in [-0.3, -0.25) is 0 Å². The number of rotatable bonds is 2. The number of carbonyl (C=O) groups is 1. The molecule has 6 heteroatoms. The molecule has 0 aromatic carbocycles. The largest absolute Gasteiger partial charge is 0.444 e. The molecular weight excluding hydrogens is 242 g/mol. The van der Waals surface area contributed by atoms with E-state index in [0.717, 1.165) is 19.3 Å². The highest BCUT2D eigenvalue weighted by Crippen LogP contribution is 2.22. The second kappa shape index (κ2) is 5.82. The number of amides is 1. The predicted octanol–water partition coefficient (Wildman–Crippen LogP) is 2.04. The van der Waals surface area contributed by atoms with Crippen molar-refractivity contribution in [3.8, 4) is 0 Å². The molecule has 1 saturated carbocycles. The summed E-state index contributed by atoms with van der Waals surface area (Å²) in [7, 11) is 0. The maximum absolute atomic E-state index is 11.6. The normalized spacial score (nSPS) is 27.3. The number of ether oxygens (including phenoxy) is 1. The number of hydrogen-bond donors (Lipinski definition) is 2. The molecule has 0 aromatic heterocycles. The number of alkyl carbamates (subject to hydrolysis) is 1. The number of hydrogen-bond acceptors (Lipinski definition) is 3. The lowest BCUT2D eigenvalue weighted by Crippen LogP contribution is -2.48. The Morgan fingerprint density at radius 3 is 2.47 bits per heavy atom. The van der Waals surface area contributed by atoms with Gasteiger partial charge in [0.2, 0.25) is 0 Å². The van der Waals surface area contributed by atoms with Gasteiger partial charge in [0, 0.05) is 6.04 Å². The van der Waals surface area contributed by atoms with Crippen LogP contribution in [0.4, 0.5) is 4.79 Å². The van der Waals surface area contributed by atoms with Crippen molar-refractivity contribution in [1.82, 2.24) is 5.32 Å². The first kappa shape index (κ1) is 14.4. The minimum absolute atomic E-state index is 0.260. The second-order valence-corrected chi connectivity index (χ2v) is 6.51. The van der Waals surface area contributed by atoms with Gasteiger partial charge in [-0.1, -0.05) is 12.8 Å². The van der Waals surface area contributed by atoms with Crippen molar-refractivity contribution >= 4 is 17.2 Å². The van der Waals surface area contributed by atoms with Gasteiger partial charge >= 0.3 is 6.09 Å². The third-order valence-electron chi connectivity index (χ3n) is 2.66. The van der Waals surface area contributed by atoms with E-state index in [1.54, 1.807) is 20.8 Å². The Morgan fingerprint density at radius 1 is 1.35 bits per heavy atom. The van der Waals surface area contributed by atoms with E-state index in [2.05, 4.69) is 5.32 Å². The molecule has 1 amide bonds. The molecule has 0 saturated heterocycles. The lowest BCUT2D eigenvalue weighted by molar-refractivity contribution is 0.0494. The molecule has 0 aliphatic heterocycles. The van der Waals surface area contributed by atoms with Crippen LogP contribution in [-0.2, 0) is 15.8 Å². The first-order valence-electron chi connectivity index (χ1n) is 5.89. The summed E-state index contributed by atoms with van der Waals surface area (Å²) in [5.41, 5.74) is -0.549. The fourth-order valence-electron chi connectivity index (χ4n) is 1.96. The topological polar surface area (TPSA) is 75.6 Å². The molecule has 1 rings (SSSR count). The van der Waals surface area contributed by atoms with E-state index in [4.69, 9.17) is 4.74 Å². The first-order valence-corrected chi connectivity index (χ1v) is 7.06.